The van der Waals surface area contributed by atoms with E-state index in [1.54, 1.807) is 6.20 Å². The number of aromatic nitrogens is 2. The molecule has 0 saturated carbocycles. The minimum absolute atomic E-state index is 0.470. The number of nitrogens with zero attached hydrogens (tertiary/aromatic N) is 3. The predicted octanol–water partition coefficient (Wildman–Crippen LogP) is 0.848. The Morgan fingerprint density at radius 1 is 1.33 bits per heavy atom. The van der Waals surface area contributed by atoms with Crippen LogP contribution in [0.15, 0.2) is 18.6 Å². The molecule has 1 aromatic heterocycles. The fourth-order valence-corrected chi connectivity index (χ4v) is 3.36. The van der Waals surface area contributed by atoms with Gasteiger partial charge in [0.2, 0.25) is 0 Å². The molecule has 8 heteroatoms. The molecule has 0 N–H and O–H groups in total. The van der Waals surface area contributed by atoms with Crippen LogP contribution in [-0.2, 0) is 19.7 Å². The Bertz CT molecular complexity index is 657. The Kier molecular flexibility index (Phi) is 3.64. The number of hydrogen-bond acceptors (Lipinski definition) is 5. The summed E-state index contributed by atoms with van der Waals surface area (Å²) >= 11 is 0. The van der Waals surface area contributed by atoms with Crippen LogP contribution >= 0.6 is 0 Å². The van der Waals surface area contributed by atoms with Gasteiger partial charge < -0.3 is 9.47 Å². The number of allylic oxidation sites excluding steroid dienone is 1. The summed E-state index contributed by atoms with van der Waals surface area (Å²) < 4.78 is 37.7. The SMILES string of the molecule is CN(C)S(=O)(=O)n1cnc(C2=CCC3(CC2)OCCO3)c1. The van der Waals surface area contributed by atoms with E-state index in [9.17, 15) is 8.42 Å². The molecule has 1 aliphatic heterocycles. The average molecular weight is 313 g/mol. The molecular formula is C13H19N3O4S. The largest absolute Gasteiger partial charge is 0.347 e. The van der Waals surface area contributed by atoms with Crippen molar-refractivity contribution in [1.29, 1.82) is 0 Å². The molecule has 7 nitrogen and oxygen atoms in total. The first kappa shape index (κ1) is 14.7. The van der Waals surface area contributed by atoms with Gasteiger partial charge in [0.15, 0.2) is 5.79 Å². The number of imidazole rings is 1. The Labute approximate surface area is 124 Å². The Hall–Kier alpha value is -1.22. The second kappa shape index (κ2) is 5.20. The molecular weight excluding hydrogens is 294 g/mol. The summed E-state index contributed by atoms with van der Waals surface area (Å²) in [5.41, 5.74) is 1.72. The van der Waals surface area contributed by atoms with E-state index in [1.165, 1.54) is 20.4 Å². The van der Waals surface area contributed by atoms with Crippen LogP contribution < -0.4 is 0 Å². The topological polar surface area (TPSA) is 73.7 Å². The molecule has 1 spiro atoms. The molecule has 0 radical (unpaired) electrons. The minimum atomic E-state index is -3.51. The van der Waals surface area contributed by atoms with E-state index in [1.807, 2.05) is 6.08 Å². The zero-order chi connectivity index (χ0) is 15.1. The summed E-state index contributed by atoms with van der Waals surface area (Å²) in [6.07, 6.45) is 7.12. The van der Waals surface area contributed by atoms with Crippen molar-refractivity contribution in [2.75, 3.05) is 27.3 Å². The van der Waals surface area contributed by atoms with E-state index in [-0.39, 0.29) is 0 Å². The van der Waals surface area contributed by atoms with E-state index < -0.39 is 16.0 Å². The highest BCUT2D eigenvalue weighted by atomic mass is 32.2. The molecule has 1 fully saturated rings. The average Bonchev–Trinajstić information content (AvgIpc) is 3.10. The summed E-state index contributed by atoms with van der Waals surface area (Å²) in [6.45, 7) is 1.28. The van der Waals surface area contributed by atoms with Gasteiger partial charge in [-0.3, -0.25) is 0 Å². The fraction of sp³-hybridized carbons (Fsp3) is 0.615. The van der Waals surface area contributed by atoms with Crippen molar-refractivity contribution in [3.8, 4) is 0 Å². The molecule has 0 atom stereocenters. The zero-order valence-electron chi connectivity index (χ0n) is 12.2. The van der Waals surface area contributed by atoms with Gasteiger partial charge in [-0.1, -0.05) is 6.08 Å². The monoisotopic (exact) mass is 313 g/mol. The first-order valence-corrected chi connectivity index (χ1v) is 8.27. The highest BCUT2D eigenvalue weighted by Gasteiger charge is 2.38. The second-order valence-electron chi connectivity index (χ2n) is 5.42. The molecule has 2 heterocycles. The maximum Gasteiger partial charge on any atom is 0.308 e. The second-order valence-corrected chi connectivity index (χ2v) is 7.47. The fourth-order valence-electron chi connectivity index (χ4n) is 2.59. The van der Waals surface area contributed by atoms with Gasteiger partial charge in [-0.05, 0) is 12.0 Å². The molecule has 0 bridgehead atoms. The molecule has 0 amide bonds. The van der Waals surface area contributed by atoms with Gasteiger partial charge in [0.1, 0.15) is 6.33 Å². The molecule has 1 aliphatic carbocycles. The quantitative estimate of drug-likeness (QED) is 0.827. The number of hydrogen-bond donors (Lipinski definition) is 0. The third kappa shape index (κ3) is 2.64. The number of rotatable bonds is 3. The Balaban J connectivity index is 1.80. The van der Waals surface area contributed by atoms with Gasteiger partial charge >= 0.3 is 10.2 Å². The van der Waals surface area contributed by atoms with Crippen LogP contribution in [0.1, 0.15) is 25.0 Å². The van der Waals surface area contributed by atoms with Crippen molar-refractivity contribution < 1.29 is 17.9 Å². The van der Waals surface area contributed by atoms with Crippen molar-refractivity contribution in [2.24, 2.45) is 0 Å². The lowest BCUT2D eigenvalue weighted by Gasteiger charge is -2.30. The van der Waals surface area contributed by atoms with Crippen LogP contribution in [0.25, 0.3) is 5.57 Å². The Morgan fingerprint density at radius 3 is 2.62 bits per heavy atom. The first-order valence-electron chi connectivity index (χ1n) is 6.87. The van der Waals surface area contributed by atoms with Crippen LogP contribution in [0.3, 0.4) is 0 Å². The normalized spacial score (nSPS) is 22.0. The summed E-state index contributed by atoms with van der Waals surface area (Å²) in [4.78, 5) is 4.21. The summed E-state index contributed by atoms with van der Waals surface area (Å²) in [5.74, 6) is -0.470. The maximum absolute atomic E-state index is 12.0. The lowest BCUT2D eigenvalue weighted by Crippen LogP contribution is -2.31. The van der Waals surface area contributed by atoms with Crippen LogP contribution in [0.5, 0.6) is 0 Å². The van der Waals surface area contributed by atoms with Gasteiger partial charge in [-0.2, -0.15) is 12.7 Å². The third-order valence-electron chi connectivity index (χ3n) is 3.87. The molecule has 116 valence electrons. The van der Waals surface area contributed by atoms with E-state index in [0.29, 0.717) is 25.3 Å². The van der Waals surface area contributed by atoms with Crippen molar-refractivity contribution >= 4 is 15.8 Å². The van der Waals surface area contributed by atoms with E-state index >= 15 is 0 Å². The van der Waals surface area contributed by atoms with Crippen LogP contribution in [-0.4, -0.2) is 54.8 Å². The van der Waals surface area contributed by atoms with Gasteiger partial charge in [0.05, 0.1) is 18.9 Å². The smallest absolute Gasteiger partial charge is 0.308 e. The van der Waals surface area contributed by atoms with E-state index in [4.69, 9.17) is 9.47 Å². The highest BCUT2D eigenvalue weighted by Crippen LogP contribution is 2.37. The van der Waals surface area contributed by atoms with Gasteiger partial charge in [-0.15, -0.1) is 0 Å². The molecule has 21 heavy (non-hydrogen) atoms. The van der Waals surface area contributed by atoms with Crippen molar-refractivity contribution in [2.45, 2.75) is 25.0 Å². The van der Waals surface area contributed by atoms with Crippen molar-refractivity contribution in [1.82, 2.24) is 13.3 Å². The van der Waals surface area contributed by atoms with E-state index in [2.05, 4.69) is 4.98 Å². The summed E-state index contributed by atoms with van der Waals surface area (Å²) in [6, 6.07) is 0. The van der Waals surface area contributed by atoms with Crippen molar-refractivity contribution in [3.63, 3.8) is 0 Å². The molecule has 0 aromatic carbocycles. The van der Waals surface area contributed by atoms with Crippen LogP contribution in [0, 0.1) is 0 Å². The molecule has 0 unspecified atom stereocenters. The number of ether oxygens (including phenoxy) is 2. The van der Waals surface area contributed by atoms with Crippen molar-refractivity contribution in [3.05, 3.63) is 24.3 Å². The minimum Gasteiger partial charge on any atom is -0.347 e. The predicted molar refractivity (Wildman–Crippen MR) is 76.7 cm³/mol. The van der Waals surface area contributed by atoms with E-state index in [0.717, 1.165) is 26.7 Å². The highest BCUT2D eigenvalue weighted by molar-refractivity contribution is 7.87. The van der Waals surface area contributed by atoms with Crippen LogP contribution in [0.2, 0.25) is 0 Å². The lowest BCUT2D eigenvalue weighted by molar-refractivity contribution is -0.159. The third-order valence-corrected chi connectivity index (χ3v) is 5.52. The summed E-state index contributed by atoms with van der Waals surface area (Å²) in [5, 5.41) is 0. The lowest BCUT2D eigenvalue weighted by atomic mass is 9.92. The van der Waals surface area contributed by atoms with Gasteiger partial charge in [0.25, 0.3) is 0 Å². The zero-order valence-corrected chi connectivity index (χ0v) is 13.0. The van der Waals surface area contributed by atoms with Gasteiger partial charge in [0, 0.05) is 33.1 Å². The molecule has 1 saturated heterocycles. The maximum atomic E-state index is 12.0. The molecule has 1 aromatic rings. The summed E-state index contributed by atoms with van der Waals surface area (Å²) in [7, 11) is -0.519. The van der Waals surface area contributed by atoms with Gasteiger partial charge in [-0.25, -0.2) is 8.96 Å². The van der Waals surface area contributed by atoms with Crippen LogP contribution in [0.4, 0.5) is 0 Å². The molecule has 3 rings (SSSR count). The Morgan fingerprint density at radius 2 is 2.05 bits per heavy atom. The molecule has 2 aliphatic rings. The first-order chi connectivity index (χ1) is 9.93. The standard InChI is InChI=1S/C13H19N3O4S/c1-15(2)21(17,18)16-9-12(14-10-16)11-3-5-13(6-4-11)19-7-8-20-13/h3,9-10H,4-8H2,1-2H3.